The molecule has 1 saturated carbocycles. The number of H-pyrrole nitrogens is 1. The number of aromatic amines is 1. The lowest BCUT2D eigenvalue weighted by molar-refractivity contribution is -0.364. The van der Waals surface area contributed by atoms with Crippen LogP contribution in [0.4, 0.5) is 5.82 Å². The maximum Gasteiger partial charge on any atom is 0.274 e. The van der Waals surface area contributed by atoms with E-state index in [1.165, 1.54) is 19.3 Å². The van der Waals surface area contributed by atoms with Crippen molar-refractivity contribution in [3.8, 4) is 0 Å². The summed E-state index contributed by atoms with van der Waals surface area (Å²) in [7, 11) is 0. The Morgan fingerprint density at radius 2 is 1.80 bits per heavy atom. The number of anilines is 1. The van der Waals surface area contributed by atoms with Crippen LogP contribution in [0.15, 0.2) is 24.4 Å². The SMILES string of the molecule is O=C(C1CCCCC1)N1CCN(c2cccc[nH+]2)CC1. The van der Waals surface area contributed by atoms with Crippen molar-refractivity contribution in [2.75, 3.05) is 31.1 Å². The summed E-state index contributed by atoms with van der Waals surface area (Å²) in [5.41, 5.74) is 0. The predicted octanol–water partition coefficient (Wildman–Crippen LogP) is 1.73. The summed E-state index contributed by atoms with van der Waals surface area (Å²) in [6.07, 6.45) is 7.93. The van der Waals surface area contributed by atoms with Crippen LogP contribution in [-0.2, 0) is 4.79 Å². The standard InChI is InChI=1S/C16H23N3O/c20-16(14-6-2-1-3-7-14)19-12-10-18(11-13-19)15-8-4-5-9-17-15/h4-5,8-9,14H,1-3,6-7,10-13H2/p+1. The van der Waals surface area contributed by atoms with Crippen LogP contribution < -0.4 is 9.88 Å². The zero-order valence-electron chi connectivity index (χ0n) is 12.1. The maximum atomic E-state index is 12.5. The topological polar surface area (TPSA) is 37.7 Å². The molecule has 0 spiro atoms. The first kappa shape index (κ1) is 13.4. The van der Waals surface area contributed by atoms with Gasteiger partial charge in [0.25, 0.3) is 5.82 Å². The van der Waals surface area contributed by atoms with Gasteiger partial charge in [0.2, 0.25) is 5.91 Å². The molecule has 4 heteroatoms. The van der Waals surface area contributed by atoms with Gasteiger partial charge in [-0.3, -0.25) is 9.69 Å². The minimum Gasteiger partial charge on any atom is -0.335 e. The van der Waals surface area contributed by atoms with Gasteiger partial charge < -0.3 is 4.90 Å². The third-order valence-electron chi connectivity index (χ3n) is 4.58. The minimum absolute atomic E-state index is 0.304. The second kappa shape index (κ2) is 6.25. The highest BCUT2D eigenvalue weighted by molar-refractivity contribution is 5.79. The molecule has 2 aliphatic rings. The van der Waals surface area contributed by atoms with Crippen molar-refractivity contribution in [1.82, 2.24) is 4.90 Å². The first-order chi connectivity index (χ1) is 9.84. The molecule has 0 radical (unpaired) electrons. The number of hydrogen-bond acceptors (Lipinski definition) is 2. The molecule has 1 aromatic rings. The Morgan fingerprint density at radius 3 is 2.45 bits per heavy atom. The number of piperazine rings is 1. The van der Waals surface area contributed by atoms with Crippen LogP contribution in [0.1, 0.15) is 32.1 Å². The quantitative estimate of drug-likeness (QED) is 0.823. The summed E-state index contributed by atoms with van der Waals surface area (Å²) < 4.78 is 0. The van der Waals surface area contributed by atoms with E-state index in [-0.39, 0.29) is 0 Å². The number of carbonyl (C=O) groups is 1. The summed E-state index contributed by atoms with van der Waals surface area (Å²) in [4.78, 5) is 20.2. The highest BCUT2D eigenvalue weighted by Gasteiger charge is 2.30. The molecule has 108 valence electrons. The van der Waals surface area contributed by atoms with Gasteiger partial charge in [-0.25, -0.2) is 4.98 Å². The smallest absolute Gasteiger partial charge is 0.274 e. The molecule has 20 heavy (non-hydrogen) atoms. The van der Waals surface area contributed by atoms with Gasteiger partial charge in [-0.15, -0.1) is 0 Å². The molecule has 2 fully saturated rings. The van der Waals surface area contributed by atoms with Gasteiger partial charge in [-0.1, -0.05) is 25.3 Å². The van der Waals surface area contributed by atoms with Crippen molar-refractivity contribution in [1.29, 1.82) is 0 Å². The van der Waals surface area contributed by atoms with E-state index >= 15 is 0 Å². The molecule has 1 aliphatic carbocycles. The van der Waals surface area contributed by atoms with Crippen molar-refractivity contribution in [3.05, 3.63) is 24.4 Å². The molecule has 3 rings (SSSR count). The number of nitrogens with one attached hydrogen (secondary N) is 1. The molecule has 2 heterocycles. The van der Waals surface area contributed by atoms with E-state index in [2.05, 4.69) is 20.9 Å². The van der Waals surface area contributed by atoms with E-state index in [0.717, 1.165) is 44.8 Å². The fourth-order valence-electron chi connectivity index (χ4n) is 3.36. The summed E-state index contributed by atoms with van der Waals surface area (Å²) in [5.74, 6) is 1.86. The number of nitrogens with zero attached hydrogens (tertiary/aromatic N) is 2. The van der Waals surface area contributed by atoms with Gasteiger partial charge in [0, 0.05) is 12.0 Å². The first-order valence-electron chi connectivity index (χ1n) is 7.85. The lowest BCUT2D eigenvalue weighted by Crippen LogP contribution is -2.51. The molecule has 1 N–H and O–H groups in total. The Hall–Kier alpha value is -1.58. The van der Waals surface area contributed by atoms with Gasteiger partial charge in [-0.2, -0.15) is 0 Å². The number of carbonyl (C=O) groups excluding carboxylic acids is 1. The lowest BCUT2D eigenvalue weighted by Gasteiger charge is -2.34. The largest absolute Gasteiger partial charge is 0.335 e. The van der Waals surface area contributed by atoms with Crippen LogP contribution in [-0.4, -0.2) is 37.0 Å². The molecule has 0 atom stereocenters. The molecular weight excluding hydrogens is 250 g/mol. The van der Waals surface area contributed by atoms with Crippen molar-refractivity contribution in [2.45, 2.75) is 32.1 Å². The number of rotatable bonds is 2. The van der Waals surface area contributed by atoms with Crippen LogP contribution in [0, 0.1) is 5.92 Å². The summed E-state index contributed by atoms with van der Waals surface area (Å²) >= 11 is 0. The van der Waals surface area contributed by atoms with Gasteiger partial charge >= 0.3 is 0 Å². The van der Waals surface area contributed by atoms with Crippen molar-refractivity contribution in [2.24, 2.45) is 5.92 Å². The van der Waals surface area contributed by atoms with E-state index in [1.807, 2.05) is 18.3 Å². The summed E-state index contributed by atoms with van der Waals surface area (Å²) in [6, 6.07) is 6.14. The van der Waals surface area contributed by atoms with E-state index in [1.54, 1.807) is 0 Å². The first-order valence-corrected chi connectivity index (χ1v) is 7.85. The molecule has 4 nitrogen and oxygen atoms in total. The van der Waals surface area contributed by atoms with Gasteiger partial charge in [0.05, 0.1) is 19.3 Å². The summed E-state index contributed by atoms with van der Waals surface area (Å²) in [5, 5.41) is 0. The van der Waals surface area contributed by atoms with Crippen LogP contribution in [0.25, 0.3) is 0 Å². The van der Waals surface area contributed by atoms with Crippen molar-refractivity contribution in [3.63, 3.8) is 0 Å². The molecular formula is C16H24N3O+. The third-order valence-corrected chi connectivity index (χ3v) is 4.58. The van der Waals surface area contributed by atoms with E-state index < -0.39 is 0 Å². The average molecular weight is 274 g/mol. The highest BCUT2D eigenvalue weighted by atomic mass is 16.2. The monoisotopic (exact) mass is 274 g/mol. The molecule has 1 amide bonds. The molecule has 0 unspecified atom stereocenters. The molecule has 1 aromatic heterocycles. The van der Waals surface area contributed by atoms with E-state index in [0.29, 0.717) is 11.8 Å². The van der Waals surface area contributed by atoms with Gasteiger partial charge in [-0.05, 0) is 18.9 Å². The Kier molecular flexibility index (Phi) is 4.19. The number of pyridine rings is 1. The summed E-state index contributed by atoms with van der Waals surface area (Å²) in [6.45, 7) is 3.58. The number of aromatic nitrogens is 1. The normalized spacial score (nSPS) is 21.0. The van der Waals surface area contributed by atoms with Crippen LogP contribution in [0.2, 0.25) is 0 Å². The van der Waals surface area contributed by atoms with Crippen molar-refractivity contribution >= 4 is 11.7 Å². The average Bonchev–Trinajstić information content (AvgIpc) is 2.56. The Morgan fingerprint density at radius 1 is 1.05 bits per heavy atom. The van der Waals surface area contributed by atoms with E-state index in [4.69, 9.17) is 0 Å². The van der Waals surface area contributed by atoms with Crippen LogP contribution in [0.3, 0.4) is 0 Å². The predicted molar refractivity (Wildman–Crippen MR) is 78.4 cm³/mol. The minimum atomic E-state index is 0.304. The van der Waals surface area contributed by atoms with Crippen LogP contribution >= 0.6 is 0 Å². The van der Waals surface area contributed by atoms with Crippen LogP contribution in [0.5, 0.6) is 0 Å². The third kappa shape index (κ3) is 2.94. The number of hydrogen-bond donors (Lipinski definition) is 0. The second-order valence-corrected chi connectivity index (χ2v) is 5.90. The fraction of sp³-hybridized carbons (Fsp3) is 0.625. The second-order valence-electron chi connectivity index (χ2n) is 5.90. The molecule has 0 bridgehead atoms. The fourth-order valence-corrected chi connectivity index (χ4v) is 3.36. The molecule has 1 aliphatic heterocycles. The van der Waals surface area contributed by atoms with Crippen molar-refractivity contribution < 1.29 is 9.78 Å². The zero-order chi connectivity index (χ0) is 13.8. The zero-order valence-corrected chi connectivity index (χ0v) is 12.1. The number of amides is 1. The highest BCUT2D eigenvalue weighted by Crippen LogP contribution is 2.26. The Labute approximate surface area is 120 Å². The molecule has 1 saturated heterocycles. The molecule has 0 aromatic carbocycles. The maximum absolute atomic E-state index is 12.5. The lowest BCUT2D eigenvalue weighted by atomic mass is 9.88. The Bertz CT molecular complexity index is 434. The van der Waals surface area contributed by atoms with E-state index in [9.17, 15) is 4.79 Å². The van der Waals surface area contributed by atoms with Gasteiger partial charge in [0.15, 0.2) is 0 Å². The van der Waals surface area contributed by atoms with Gasteiger partial charge in [0.1, 0.15) is 13.1 Å². The Balaban J connectivity index is 1.54.